The van der Waals surface area contributed by atoms with Gasteiger partial charge >= 0.3 is 0 Å². The molecule has 0 spiro atoms. The van der Waals surface area contributed by atoms with Crippen molar-refractivity contribution in [3.63, 3.8) is 0 Å². The first-order chi connectivity index (χ1) is 8.83. The minimum absolute atomic E-state index is 0.684. The summed E-state index contributed by atoms with van der Waals surface area (Å²) in [7, 11) is 0. The third kappa shape index (κ3) is 2.47. The molecular formula is C16H24N2. The van der Waals surface area contributed by atoms with Crippen LogP contribution in [0.2, 0.25) is 0 Å². The van der Waals surface area contributed by atoms with Gasteiger partial charge in [0.2, 0.25) is 0 Å². The van der Waals surface area contributed by atoms with Crippen molar-refractivity contribution in [2.45, 2.75) is 45.1 Å². The lowest BCUT2D eigenvalue weighted by Crippen LogP contribution is -2.22. The van der Waals surface area contributed by atoms with E-state index >= 15 is 0 Å². The van der Waals surface area contributed by atoms with E-state index in [0.29, 0.717) is 6.04 Å². The fourth-order valence-electron chi connectivity index (χ4n) is 3.39. The van der Waals surface area contributed by atoms with Gasteiger partial charge < -0.3 is 10.2 Å². The van der Waals surface area contributed by atoms with E-state index in [9.17, 15) is 0 Å². The van der Waals surface area contributed by atoms with Crippen molar-refractivity contribution < 1.29 is 0 Å². The van der Waals surface area contributed by atoms with E-state index in [4.69, 9.17) is 0 Å². The highest BCUT2D eigenvalue weighted by Gasteiger charge is 2.22. The van der Waals surface area contributed by atoms with E-state index in [1.54, 1.807) is 0 Å². The summed E-state index contributed by atoms with van der Waals surface area (Å²) in [6.07, 6.45) is 6.72. The quantitative estimate of drug-likeness (QED) is 0.868. The van der Waals surface area contributed by atoms with E-state index in [2.05, 4.69) is 41.4 Å². The van der Waals surface area contributed by atoms with Crippen LogP contribution in [-0.4, -0.2) is 19.1 Å². The molecule has 1 saturated carbocycles. The number of para-hydroxylation sites is 2. The molecule has 2 nitrogen and oxygen atoms in total. The zero-order chi connectivity index (χ0) is 12.4. The van der Waals surface area contributed by atoms with Crippen LogP contribution < -0.4 is 10.2 Å². The van der Waals surface area contributed by atoms with Crippen LogP contribution in [0.3, 0.4) is 0 Å². The second-order valence-corrected chi connectivity index (χ2v) is 5.97. The van der Waals surface area contributed by atoms with Crippen LogP contribution in [0, 0.1) is 5.92 Å². The molecule has 98 valence electrons. The Morgan fingerprint density at radius 1 is 1.11 bits per heavy atom. The third-order valence-corrected chi connectivity index (χ3v) is 4.41. The molecule has 2 fully saturated rings. The monoisotopic (exact) mass is 244 g/mol. The summed E-state index contributed by atoms with van der Waals surface area (Å²) in [6.45, 7) is 4.81. The summed E-state index contributed by atoms with van der Waals surface area (Å²) >= 11 is 0. The first kappa shape index (κ1) is 11.9. The van der Waals surface area contributed by atoms with Gasteiger partial charge in [0.15, 0.2) is 0 Å². The minimum Gasteiger partial charge on any atom is -0.381 e. The standard InChI is InChI=1S/C16H24N2/c1-13-8-9-14(12-13)17-15-6-2-3-7-16(15)18-10-4-5-11-18/h2-3,6-7,13-14,17H,4-5,8-12H2,1H3. The third-order valence-electron chi connectivity index (χ3n) is 4.41. The molecule has 0 amide bonds. The second kappa shape index (κ2) is 5.21. The maximum absolute atomic E-state index is 3.78. The molecule has 1 aromatic carbocycles. The zero-order valence-electron chi connectivity index (χ0n) is 11.4. The molecule has 1 aromatic rings. The number of hydrogen-bond acceptors (Lipinski definition) is 2. The molecule has 18 heavy (non-hydrogen) atoms. The Labute approximate surface area is 110 Å². The first-order valence-corrected chi connectivity index (χ1v) is 7.43. The molecule has 0 bridgehead atoms. The van der Waals surface area contributed by atoms with Gasteiger partial charge in [-0.2, -0.15) is 0 Å². The van der Waals surface area contributed by atoms with E-state index in [1.807, 2.05) is 0 Å². The molecule has 2 aliphatic rings. The first-order valence-electron chi connectivity index (χ1n) is 7.43. The normalized spacial score (nSPS) is 27.7. The Hall–Kier alpha value is -1.18. The Morgan fingerprint density at radius 2 is 1.89 bits per heavy atom. The highest BCUT2D eigenvalue weighted by atomic mass is 15.2. The Morgan fingerprint density at radius 3 is 2.61 bits per heavy atom. The lowest BCUT2D eigenvalue weighted by molar-refractivity contribution is 0.602. The average molecular weight is 244 g/mol. The number of benzene rings is 1. The van der Waals surface area contributed by atoms with Gasteiger partial charge in [0, 0.05) is 19.1 Å². The van der Waals surface area contributed by atoms with Gasteiger partial charge in [-0.05, 0) is 50.2 Å². The van der Waals surface area contributed by atoms with Gasteiger partial charge in [-0.1, -0.05) is 19.1 Å². The summed E-state index contributed by atoms with van der Waals surface area (Å²) in [5.74, 6) is 0.890. The van der Waals surface area contributed by atoms with Gasteiger partial charge in [-0.15, -0.1) is 0 Å². The molecule has 1 saturated heterocycles. The summed E-state index contributed by atoms with van der Waals surface area (Å²) in [4.78, 5) is 2.53. The molecule has 2 heteroatoms. The maximum atomic E-state index is 3.78. The molecular weight excluding hydrogens is 220 g/mol. The average Bonchev–Trinajstić information content (AvgIpc) is 3.02. The zero-order valence-corrected chi connectivity index (χ0v) is 11.4. The van der Waals surface area contributed by atoms with Gasteiger partial charge in [0.1, 0.15) is 0 Å². The predicted octanol–water partition coefficient (Wildman–Crippen LogP) is 3.89. The summed E-state index contributed by atoms with van der Waals surface area (Å²) < 4.78 is 0. The summed E-state index contributed by atoms with van der Waals surface area (Å²) in [5, 5.41) is 3.78. The van der Waals surface area contributed by atoms with Crippen molar-refractivity contribution >= 4 is 11.4 Å². The maximum Gasteiger partial charge on any atom is 0.0602 e. The highest BCUT2D eigenvalue weighted by molar-refractivity contribution is 5.70. The smallest absolute Gasteiger partial charge is 0.0602 e. The van der Waals surface area contributed by atoms with E-state index in [0.717, 1.165) is 5.92 Å². The lowest BCUT2D eigenvalue weighted by atomic mass is 10.1. The lowest BCUT2D eigenvalue weighted by Gasteiger charge is -2.24. The molecule has 0 aromatic heterocycles. The molecule has 1 N–H and O–H groups in total. The molecule has 1 aliphatic heterocycles. The van der Waals surface area contributed by atoms with Crippen LogP contribution in [-0.2, 0) is 0 Å². The number of nitrogens with one attached hydrogen (secondary N) is 1. The van der Waals surface area contributed by atoms with E-state index in [1.165, 1.54) is 56.6 Å². The largest absolute Gasteiger partial charge is 0.381 e. The number of nitrogens with zero attached hydrogens (tertiary/aromatic N) is 1. The van der Waals surface area contributed by atoms with Gasteiger partial charge in [0.25, 0.3) is 0 Å². The molecule has 2 atom stereocenters. The number of hydrogen-bond donors (Lipinski definition) is 1. The van der Waals surface area contributed by atoms with Crippen molar-refractivity contribution in [3.05, 3.63) is 24.3 Å². The topological polar surface area (TPSA) is 15.3 Å². The Balaban J connectivity index is 1.74. The van der Waals surface area contributed by atoms with Crippen LogP contribution in [0.1, 0.15) is 39.0 Å². The number of anilines is 2. The minimum atomic E-state index is 0.684. The number of rotatable bonds is 3. The molecule has 3 rings (SSSR count). The fraction of sp³-hybridized carbons (Fsp3) is 0.625. The van der Waals surface area contributed by atoms with Crippen LogP contribution in [0.25, 0.3) is 0 Å². The predicted molar refractivity (Wildman–Crippen MR) is 78.3 cm³/mol. The van der Waals surface area contributed by atoms with Crippen LogP contribution in [0.5, 0.6) is 0 Å². The van der Waals surface area contributed by atoms with Crippen molar-refractivity contribution in [2.75, 3.05) is 23.3 Å². The van der Waals surface area contributed by atoms with E-state index in [-0.39, 0.29) is 0 Å². The van der Waals surface area contributed by atoms with Gasteiger partial charge in [-0.3, -0.25) is 0 Å². The van der Waals surface area contributed by atoms with Crippen LogP contribution >= 0.6 is 0 Å². The summed E-state index contributed by atoms with van der Waals surface area (Å²) in [5.41, 5.74) is 2.76. The second-order valence-electron chi connectivity index (χ2n) is 5.97. The fourth-order valence-corrected chi connectivity index (χ4v) is 3.39. The molecule has 1 aliphatic carbocycles. The summed E-state index contributed by atoms with van der Waals surface area (Å²) in [6, 6.07) is 9.52. The van der Waals surface area contributed by atoms with Crippen molar-refractivity contribution in [1.29, 1.82) is 0 Å². The Kier molecular flexibility index (Phi) is 3.44. The SMILES string of the molecule is CC1CCC(Nc2ccccc2N2CCCC2)C1. The van der Waals surface area contributed by atoms with Gasteiger partial charge in [-0.25, -0.2) is 0 Å². The van der Waals surface area contributed by atoms with E-state index < -0.39 is 0 Å². The van der Waals surface area contributed by atoms with Crippen LogP contribution in [0.4, 0.5) is 11.4 Å². The molecule has 0 radical (unpaired) electrons. The molecule has 2 unspecified atom stereocenters. The Bertz CT molecular complexity index is 396. The van der Waals surface area contributed by atoms with Crippen molar-refractivity contribution in [3.8, 4) is 0 Å². The van der Waals surface area contributed by atoms with Crippen molar-refractivity contribution in [2.24, 2.45) is 5.92 Å². The highest BCUT2D eigenvalue weighted by Crippen LogP contribution is 2.33. The van der Waals surface area contributed by atoms with Crippen LogP contribution in [0.15, 0.2) is 24.3 Å². The molecule has 1 heterocycles. The van der Waals surface area contributed by atoms with Crippen molar-refractivity contribution in [1.82, 2.24) is 0 Å². The van der Waals surface area contributed by atoms with Gasteiger partial charge in [0.05, 0.1) is 11.4 Å².